The SMILES string of the molecule is CCCCc1c(-n2cc(C#Cc3cc(OC)cc(OC)c3)c3c(N)ncnc32)c[nH]c1C(=O)c1cc2ccccc2[nH]1. The normalized spacial score (nSPS) is 11.0. The standard InChI is InChI=1S/C33H30N6O3/c1-4-5-9-25-28(17-35-30(25)31(40)27-15-21-8-6-7-10-26(21)38-27)39-18-22(29-32(34)36-19-37-33(29)39)12-11-20-13-23(41-2)16-24(14-20)42-3/h6-8,10,13-19,35,38H,4-5,9H2,1-3H3,(H2,34,36,37). The van der Waals surface area contributed by atoms with Gasteiger partial charge in [0.05, 0.1) is 42.2 Å². The predicted molar refractivity (Wildman–Crippen MR) is 163 cm³/mol. The summed E-state index contributed by atoms with van der Waals surface area (Å²) in [7, 11) is 3.20. The molecule has 4 heterocycles. The van der Waals surface area contributed by atoms with Gasteiger partial charge in [-0.3, -0.25) is 9.36 Å². The number of carbonyl (C=O) groups is 1. The molecule has 0 unspecified atom stereocenters. The molecule has 0 aliphatic heterocycles. The maximum Gasteiger partial charge on any atom is 0.225 e. The Morgan fingerprint density at radius 2 is 1.83 bits per heavy atom. The van der Waals surface area contributed by atoms with Crippen LogP contribution in [-0.2, 0) is 6.42 Å². The number of H-pyrrole nitrogens is 2. The van der Waals surface area contributed by atoms with Gasteiger partial charge in [0, 0.05) is 40.5 Å². The summed E-state index contributed by atoms with van der Waals surface area (Å²) in [4.78, 5) is 29.1. The molecule has 6 rings (SSSR count). The molecule has 0 bridgehead atoms. The Morgan fingerprint density at radius 3 is 2.57 bits per heavy atom. The van der Waals surface area contributed by atoms with Crippen molar-refractivity contribution >= 4 is 33.5 Å². The number of carbonyl (C=O) groups excluding carboxylic acids is 1. The Kier molecular flexibility index (Phi) is 7.11. The quantitative estimate of drug-likeness (QED) is 0.160. The molecule has 0 atom stereocenters. The first-order valence-electron chi connectivity index (χ1n) is 13.7. The van der Waals surface area contributed by atoms with Crippen LogP contribution in [0.25, 0.3) is 27.6 Å². The number of para-hydroxylation sites is 1. The van der Waals surface area contributed by atoms with Crippen molar-refractivity contribution in [2.45, 2.75) is 26.2 Å². The Balaban J connectivity index is 1.47. The van der Waals surface area contributed by atoms with E-state index in [0.29, 0.717) is 51.7 Å². The van der Waals surface area contributed by atoms with Gasteiger partial charge in [-0.25, -0.2) is 9.97 Å². The minimum Gasteiger partial charge on any atom is -0.497 e. The van der Waals surface area contributed by atoms with Gasteiger partial charge in [0.1, 0.15) is 23.6 Å². The molecule has 9 heteroatoms. The number of anilines is 1. The summed E-state index contributed by atoms with van der Waals surface area (Å²) < 4.78 is 12.7. The number of fused-ring (bicyclic) bond motifs is 2. The summed E-state index contributed by atoms with van der Waals surface area (Å²) in [5.41, 5.74) is 12.1. The molecule has 0 fully saturated rings. The van der Waals surface area contributed by atoms with Crippen LogP contribution in [0.15, 0.2) is 67.3 Å². The lowest BCUT2D eigenvalue weighted by Gasteiger charge is -2.08. The number of nitrogens with one attached hydrogen (secondary N) is 2. The van der Waals surface area contributed by atoms with Crippen LogP contribution in [0.2, 0.25) is 0 Å². The molecule has 6 aromatic rings. The number of ether oxygens (including phenoxy) is 2. The van der Waals surface area contributed by atoms with Crippen LogP contribution in [0, 0.1) is 11.8 Å². The number of hydrogen-bond donors (Lipinski definition) is 3. The molecule has 0 amide bonds. The van der Waals surface area contributed by atoms with E-state index < -0.39 is 0 Å². The number of benzene rings is 2. The molecule has 0 aliphatic carbocycles. The van der Waals surface area contributed by atoms with E-state index in [-0.39, 0.29) is 5.78 Å². The lowest BCUT2D eigenvalue weighted by atomic mass is 10.0. The molecule has 0 radical (unpaired) electrons. The van der Waals surface area contributed by atoms with Crippen molar-refractivity contribution in [3.8, 4) is 29.0 Å². The van der Waals surface area contributed by atoms with Gasteiger partial charge >= 0.3 is 0 Å². The zero-order chi connectivity index (χ0) is 29.2. The van der Waals surface area contributed by atoms with Gasteiger partial charge in [-0.2, -0.15) is 0 Å². The largest absolute Gasteiger partial charge is 0.497 e. The number of nitrogens with zero attached hydrogens (tertiary/aromatic N) is 3. The van der Waals surface area contributed by atoms with Crippen molar-refractivity contribution in [2.24, 2.45) is 0 Å². The minimum absolute atomic E-state index is 0.0962. The predicted octanol–water partition coefficient (Wildman–Crippen LogP) is 5.80. The maximum absolute atomic E-state index is 13.8. The summed E-state index contributed by atoms with van der Waals surface area (Å²) in [6.07, 6.45) is 7.79. The topological polar surface area (TPSA) is 124 Å². The fraction of sp³-hybridized carbons (Fsp3) is 0.182. The average Bonchev–Trinajstić information content (AvgIpc) is 3.74. The number of methoxy groups -OCH3 is 2. The Hall–Kier alpha value is -5.49. The molecule has 4 aromatic heterocycles. The fourth-order valence-electron chi connectivity index (χ4n) is 5.18. The van der Waals surface area contributed by atoms with Crippen LogP contribution < -0.4 is 15.2 Å². The highest BCUT2D eigenvalue weighted by molar-refractivity contribution is 6.10. The summed E-state index contributed by atoms with van der Waals surface area (Å²) >= 11 is 0. The van der Waals surface area contributed by atoms with Gasteiger partial charge in [0.25, 0.3) is 0 Å². The van der Waals surface area contributed by atoms with Gasteiger partial charge in [-0.1, -0.05) is 43.4 Å². The molecule has 0 aliphatic rings. The molecule has 0 saturated heterocycles. The molecule has 4 N–H and O–H groups in total. The summed E-state index contributed by atoms with van der Waals surface area (Å²) in [6.45, 7) is 2.13. The Bertz CT molecular complexity index is 1950. The van der Waals surface area contributed by atoms with Crippen molar-refractivity contribution in [1.29, 1.82) is 0 Å². The smallest absolute Gasteiger partial charge is 0.225 e. The first-order valence-corrected chi connectivity index (χ1v) is 13.7. The van der Waals surface area contributed by atoms with Crippen molar-refractivity contribution < 1.29 is 14.3 Å². The van der Waals surface area contributed by atoms with E-state index in [4.69, 9.17) is 15.2 Å². The van der Waals surface area contributed by atoms with Crippen molar-refractivity contribution in [1.82, 2.24) is 24.5 Å². The number of aromatic nitrogens is 5. The van der Waals surface area contributed by atoms with Crippen LogP contribution in [-0.4, -0.2) is 44.5 Å². The number of ketones is 1. The van der Waals surface area contributed by atoms with Gasteiger partial charge in [0.15, 0.2) is 5.65 Å². The van der Waals surface area contributed by atoms with Crippen LogP contribution >= 0.6 is 0 Å². The second-order valence-corrected chi connectivity index (χ2v) is 9.95. The minimum atomic E-state index is -0.0962. The highest BCUT2D eigenvalue weighted by atomic mass is 16.5. The third kappa shape index (κ3) is 4.84. The van der Waals surface area contributed by atoms with E-state index >= 15 is 0 Å². The van der Waals surface area contributed by atoms with Gasteiger partial charge in [-0.15, -0.1) is 0 Å². The number of hydrogen-bond acceptors (Lipinski definition) is 6. The van der Waals surface area contributed by atoms with Crippen molar-refractivity contribution in [2.75, 3.05) is 20.0 Å². The van der Waals surface area contributed by atoms with Gasteiger partial charge in [0.2, 0.25) is 5.78 Å². The number of rotatable bonds is 8. The van der Waals surface area contributed by atoms with E-state index in [1.807, 2.05) is 59.4 Å². The lowest BCUT2D eigenvalue weighted by molar-refractivity contribution is 0.103. The van der Waals surface area contributed by atoms with E-state index in [0.717, 1.165) is 40.6 Å². The second-order valence-electron chi connectivity index (χ2n) is 9.95. The molecular weight excluding hydrogens is 528 g/mol. The molecular formula is C33H30N6O3. The molecule has 2 aromatic carbocycles. The van der Waals surface area contributed by atoms with Crippen molar-refractivity contribution in [3.05, 3.63) is 95.3 Å². The van der Waals surface area contributed by atoms with Gasteiger partial charge < -0.3 is 25.2 Å². The first-order chi connectivity index (χ1) is 20.5. The average molecular weight is 559 g/mol. The monoisotopic (exact) mass is 558 g/mol. The van der Waals surface area contributed by atoms with E-state index in [1.54, 1.807) is 20.3 Å². The third-order valence-corrected chi connectivity index (χ3v) is 7.31. The zero-order valence-corrected chi connectivity index (χ0v) is 23.6. The first kappa shape index (κ1) is 26.7. The van der Waals surface area contributed by atoms with Crippen LogP contribution in [0.1, 0.15) is 52.6 Å². The Labute approximate surface area is 242 Å². The number of aromatic amines is 2. The molecule has 0 saturated carbocycles. The summed E-state index contributed by atoms with van der Waals surface area (Å²) in [6, 6.07) is 15.2. The maximum atomic E-state index is 13.8. The number of nitrogens with two attached hydrogens (primary N) is 1. The van der Waals surface area contributed by atoms with E-state index in [1.165, 1.54) is 6.33 Å². The fourth-order valence-corrected chi connectivity index (χ4v) is 5.18. The van der Waals surface area contributed by atoms with Crippen LogP contribution in [0.3, 0.4) is 0 Å². The molecule has 210 valence electrons. The second kappa shape index (κ2) is 11.2. The summed E-state index contributed by atoms with van der Waals surface area (Å²) in [5, 5.41) is 1.63. The van der Waals surface area contributed by atoms with Crippen molar-refractivity contribution in [3.63, 3.8) is 0 Å². The highest BCUT2D eigenvalue weighted by Crippen LogP contribution is 2.31. The molecule has 9 nitrogen and oxygen atoms in total. The lowest BCUT2D eigenvalue weighted by Crippen LogP contribution is -2.07. The van der Waals surface area contributed by atoms with Crippen LogP contribution in [0.4, 0.5) is 5.82 Å². The van der Waals surface area contributed by atoms with Gasteiger partial charge in [-0.05, 0) is 37.1 Å². The third-order valence-electron chi connectivity index (χ3n) is 7.31. The summed E-state index contributed by atoms with van der Waals surface area (Å²) in [5.74, 6) is 7.96. The van der Waals surface area contributed by atoms with Crippen LogP contribution in [0.5, 0.6) is 11.5 Å². The number of unbranched alkanes of at least 4 members (excludes halogenated alkanes) is 1. The zero-order valence-electron chi connectivity index (χ0n) is 23.6. The molecule has 0 spiro atoms. The Morgan fingerprint density at radius 1 is 1.05 bits per heavy atom. The highest BCUT2D eigenvalue weighted by Gasteiger charge is 2.23. The van der Waals surface area contributed by atoms with E-state index in [2.05, 4.69) is 38.7 Å². The molecule has 42 heavy (non-hydrogen) atoms. The number of nitrogen functional groups attached to an aromatic ring is 1. The van der Waals surface area contributed by atoms with E-state index in [9.17, 15) is 4.79 Å².